The summed E-state index contributed by atoms with van der Waals surface area (Å²) >= 11 is 0. The molecule has 2 aromatic rings. The molecule has 0 N–H and O–H groups in total. The van der Waals surface area contributed by atoms with Gasteiger partial charge in [-0.1, -0.05) is 12.1 Å². The summed E-state index contributed by atoms with van der Waals surface area (Å²) in [6.45, 7) is 0.261. The lowest BCUT2D eigenvalue weighted by atomic mass is 10.3. The third-order valence-electron chi connectivity index (χ3n) is 3.42. The smallest absolute Gasteiger partial charge is 0.243 e. The minimum Gasteiger partial charge on any atom is -0.264 e. The SMILES string of the molecule is O=S(=O)(c1cccc(F)c1)N(Cc1cccnc1)C1CC1. The van der Waals surface area contributed by atoms with Crippen molar-refractivity contribution >= 4 is 10.0 Å². The van der Waals surface area contributed by atoms with Crippen LogP contribution in [0.1, 0.15) is 18.4 Å². The maximum atomic E-state index is 13.3. The van der Waals surface area contributed by atoms with Crippen molar-refractivity contribution in [3.05, 3.63) is 60.2 Å². The van der Waals surface area contributed by atoms with E-state index in [1.165, 1.54) is 22.5 Å². The van der Waals surface area contributed by atoms with Gasteiger partial charge < -0.3 is 0 Å². The van der Waals surface area contributed by atoms with Crippen molar-refractivity contribution in [2.45, 2.75) is 30.3 Å². The highest BCUT2D eigenvalue weighted by molar-refractivity contribution is 7.89. The van der Waals surface area contributed by atoms with E-state index in [1.54, 1.807) is 18.5 Å². The molecule has 21 heavy (non-hydrogen) atoms. The van der Waals surface area contributed by atoms with E-state index in [9.17, 15) is 12.8 Å². The number of hydrogen-bond acceptors (Lipinski definition) is 3. The maximum absolute atomic E-state index is 13.3. The van der Waals surface area contributed by atoms with Gasteiger partial charge in [0.15, 0.2) is 0 Å². The van der Waals surface area contributed by atoms with Gasteiger partial charge in [0.25, 0.3) is 0 Å². The summed E-state index contributed by atoms with van der Waals surface area (Å²) in [6.07, 6.45) is 4.98. The molecule has 110 valence electrons. The number of aromatic nitrogens is 1. The first kappa shape index (κ1) is 14.2. The van der Waals surface area contributed by atoms with Gasteiger partial charge in [-0.3, -0.25) is 4.98 Å². The molecule has 1 fully saturated rings. The Kier molecular flexibility index (Phi) is 3.73. The van der Waals surface area contributed by atoms with E-state index < -0.39 is 15.8 Å². The lowest BCUT2D eigenvalue weighted by Crippen LogP contribution is -2.32. The number of nitrogens with zero attached hydrogens (tertiary/aromatic N) is 2. The van der Waals surface area contributed by atoms with Crippen LogP contribution >= 0.6 is 0 Å². The van der Waals surface area contributed by atoms with Gasteiger partial charge in [-0.2, -0.15) is 4.31 Å². The molecule has 1 aromatic carbocycles. The fraction of sp³-hybridized carbons (Fsp3) is 0.267. The van der Waals surface area contributed by atoms with Crippen molar-refractivity contribution in [1.29, 1.82) is 0 Å². The number of halogens is 1. The normalized spacial score (nSPS) is 15.3. The number of sulfonamides is 1. The van der Waals surface area contributed by atoms with E-state index in [0.29, 0.717) is 0 Å². The topological polar surface area (TPSA) is 50.3 Å². The van der Waals surface area contributed by atoms with E-state index in [-0.39, 0.29) is 17.5 Å². The Bertz CT molecular complexity index is 730. The van der Waals surface area contributed by atoms with E-state index >= 15 is 0 Å². The summed E-state index contributed by atoms with van der Waals surface area (Å²) in [5.74, 6) is -0.548. The Morgan fingerprint density at radius 1 is 1.24 bits per heavy atom. The summed E-state index contributed by atoms with van der Waals surface area (Å²) < 4.78 is 40.2. The van der Waals surface area contributed by atoms with Crippen LogP contribution in [0.3, 0.4) is 0 Å². The highest BCUT2D eigenvalue weighted by Gasteiger charge is 2.38. The van der Waals surface area contributed by atoms with Crippen molar-refractivity contribution in [1.82, 2.24) is 9.29 Å². The first-order chi connectivity index (χ1) is 10.1. The number of rotatable bonds is 5. The van der Waals surface area contributed by atoms with Gasteiger partial charge in [-0.25, -0.2) is 12.8 Å². The second-order valence-corrected chi connectivity index (χ2v) is 6.99. The molecule has 1 heterocycles. The zero-order valence-corrected chi connectivity index (χ0v) is 12.1. The predicted octanol–water partition coefficient (Wildman–Crippen LogP) is 2.57. The molecule has 0 bridgehead atoms. The number of pyridine rings is 1. The van der Waals surface area contributed by atoms with Crippen molar-refractivity contribution < 1.29 is 12.8 Å². The average molecular weight is 306 g/mol. The van der Waals surface area contributed by atoms with Crippen LogP contribution in [0, 0.1) is 5.82 Å². The molecule has 0 saturated heterocycles. The Labute approximate surface area is 123 Å². The van der Waals surface area contributed by atoms with Crippen molar-refractivity contribution in [2.75, 3.05) is 0 Å². The van der Waals surface area contributed by atoms with Gasteiger partial charge in [0, 0.05) is 25.0 Å². The number of benzene rings is 1. The van der Waals surface area contributed by atoms with Crippen molar-refractivity contribution in [3.63, 3.8) is 0 Å². The molecule has 4 nitrogen and oxygen atoms in total. The molecule has 0 spiro atoms. The molecule has 1 saturated carbocycles. The van der Waals surface area contributed by atoms with Crippen LogP contribution in [0.5, 0.6) is 0 Å². The standard InChI is InChI=1S/C15H15FN2O2S/c16-13-4-1-5-15(9-13)21(19,20)18(14-6-7-14)11-12-3-2-8-17-10-12/h1-5,8-10,14H,6-7,11H2. The van der Waals surface area contributed by atoms with Crippen molar-refractivity contribution in [2.24, 2.45) is 0 Å². The highest BCUT2D eigenvalue weighted by Crippen LogP contribution is 2.33. The highest BCUT2D eigenvalue weighted by atomic mass is 32.2. The van der Waals surface area contributed by atoms with Gasteiger partial charge >= 0.3 is 0 Å². The van der Waals surface area contributed by atoms with E-state index in [0.717, 1.165) is 24.5 Å². The molecule has 0 unspecified atom stereocenters. The van der Waals surface area contributed by atoms with E-state index in [2.05, 4.69) is 4.98 Å². The minimum atomic E-state index is -3.69. The number of hydrogen-bond donors (Lipinski definition) is 0. The van der Waals surface area contributed by atoms with Gasteiger partial charge in [0.2, 0.25) is 10.0 Å². The summed E-state index contributed by atoms with van der Waals surface area (Å²) in [5.41, 5.74) is 0.823. The Morgan fingerprint density at radius 2 is 2.05 bits per heavy atom. The third-order valence-corrected chi connectivity index (χ3v) is 5.31. The van der Waals surface area contributed by atoms with Crippen LogP contribution in [0.2, 0.25) is 0 Å². The monoisotopic (exact) mass is 306 g/mol. The van der Waals surface area contributed by atoms with Crippen LogP contribution < -0.4 is 0 Å². The molecule has 0 amide bonds. The molecule has 6 heteroatoms. The zero-order valence-electron chi connectivity index (χ0n) is 11.3. The molecule has 0 aliphatic heterocycles. The third kappa shape index (κ3) is 3.11. The molecule has 1 aliphatic carbocycles. The van der Waals surface area contributed by atoms with Crippen LogP contribution in [-0.2, 0) is 16.6 Å². The Balaban J connectivity index is 1.93. The molecule has 1 aromatic heterocycles. The summed E-state index contributed by atoms with van der Waals surface area (Å²) in [4.78, 5) is 4.00. The largest absolute Gasteiger partial charge is 0.264 e. The van der Waals surface area contributed by atoms with E-state index in [4.69, 9.17) is 0 Å². The van der Waals surface area contributed by atoms with Gasteiger partial charge in [-0.15, -0.1) is 0 Å². The Morgan fingerprint density at radius 3 is 2.67 bits per heavy atom. The second kappa shape index (κ2) is 5.54. The molecule has 0 radical (unpaired) electrons. The second-order valence-electron chi connectivity index (χ2n) is 5.10. The first-order valence-electron chi connectivity index (χ1n) is 6.74. The van der Waals surface area contributed by atoms with Crippen LogP contribution in [0.15, 0.2) is 53.7 Å². The Hall–Kier alpha value is -1.79. The quantitative estimate of drug-likeness (QED) is 0.853. The van der Waals surface area contributed by atoms with Gasteiger partial charge in [-0.05, 0) is 42.7 Å². The molecule has 1 aliphatic rings. The van der Waals surface area contributed by atoms with Gasteiger partial charge in [0.1, 0.15) is 5.82 Å². The van der Waals surface area contributed by atoms with Crippen LogP contribution in [-0.4, -0.2) is 23.7 Å². The predicted molar refractivity (Wildman–Crippen MR) is 76.4 cm³/mol. The average Bonchev–Trinajstić information content (AvgIpc) is 3.30. The summed E-state index contributed by atoms with van der Waals surface area (Å²) in [5, 5.41) is 0. The fourth-order valence-corrected chi connectivity index (χ4v) is 3.91. The first-order valence-corrected chi connectivity index (χ1v) is 8.18. The van der Waals surface area contributed by atoms with Gasteiger partial charge in [0.05, 0.1) is 4.90 Å². The molecular formula is C15H15FN2O2S. The van der Waals surface area contributed by atoms with Crippen molar-refractivity contribution in [3.8, 4) is 0 Å². The zero-order chi connectivity index (χ0) is 14.9. The lowest BCUT2D eigenvalue weighted by molar-refractivity contribution is 0.398. The van der Waals surface area contributed by atoms with Crippen LogP contribution in [0.4, 0.5) is 4.39 Å². The van der Waals surface area contributed by atoms with E-state index in [1.807, 2.05) is 6.07 Å². The molecule has 3 rings (SSSR count). The minimum absolute atomic E-state index is 0.00141. The summed E-state index contributed by atoms with van der Waals surface area (Å²) in [7, 11) is -3.69. The summed E-state index contributed by atoms with van der Waals surface area (Å²) in [6, 6.07) is 8.75. The maximum Gasteiger partial charge on any atom is 0.243 e. The lowest BCUT2D eigenvalue weighted by Gasteiger charge is -2.22. The van der Waals surface area contributed by atoms with Crippen LogP contribution in [0.25, 0.3) is 0 Å². The molecule has 0 atom stereocenters. The fourth-order valence-electron chi connectivity index (χ4n) is 2.21. The molecular weight excluding hydrogens is 291 g/mol.